The van der Waals surface area contributed by atoms with Crippen LogP contribution in [0.15, 0.2) is 30.4 Å². The number of hydrogen-bond donors (Lipinski definition) is 0. The topological polar surface area (TPSA) is 0 Å². The lowest BCUT2D eigenvalue weighted by Gasteiger charge is -2.37. The van der Waals surface area contributed by atoms with Crippen molar-refractivity contribution in [1.29, 1.82) is 0 Å². The molecular formula is C32H48F2. The van der Waals surface area contributed by atoms with Crippen LogP contribution in [0.4, 0.5) is 8.78 Å². The Morgan fingerprint density at radius 2 is 1.21 bits per heavy atom. The van der Waals surface area contributed by atoms with Crippen LogP contribution in [0, 0.1) is 47.1 Å². The van der Waals surface area contributed by atoms with E-state index >= 15 is 0 Å². The second-order valence-corrected chi connectivity index (χ2v) is 12.1. The van der Waals surface area contributed by atoms with Crippen molar-refractivity contribution in [2.75, 3.05) is 0 Å². The van der Waals surface area contributed by atoms with Crippen LogP contribution in [0.1, 0.15) is 115 Å². The Balaban J connectivity index is 1.10. The standard InChI is InChI=1S/C32H48F2/c1-2-3-4-24-13-18-29(19-14-24)30-20-15-27(16-21-30)10-9-25-5-7-26(8-6-25)11-12-28-17-22-31(33)32(34)23-28/h9-10,17,22-27,29-30H,2-8,11-16,18-21H2,1H3/t24-,25-,26-,27-,29-,30-. The van der Waals surface area contributed by atoms with Gasteiger partial charge in [-0.2, -0.15) is 0 Å². The number of benzene rings is 1. The molecule has 34 heavy (non-hydrogen) atoms. The largest absolute Gasteiger partial charge is 0.204 e. The van der Waals surface area contributed by atoms with E-state index in [4.69, 9.17) is 0 Å². The van der Waals surface area contributed by atoms with E-state index in [-0.39, 0.29) is 0 Å². The van der Waals surface area contributed by atoms with Crippen LogP contribution in [-0.4, -0.2) is 0 Å². The van der Waals surface area contributed by atoms with Gasteiger partial charge in [-0.1, -0.05) is 57.2 Å². The summed E-state index contributed by atoms with van der Waals surface area (Å²) in [5, 5.41) is 0. The lowest BCUT2D eigenvalue weighted by Crippen LogP contribution is -2.25. The highest BCUT2D eigenvalue weighted by Crippen LogP contribution is 2.43. The second kappa shape index (κ2) is 13.2. The third-order valence-electron chi connectivity index (χ3n) is 9.71. The molecule has 2 heteroatoms. The predicted octanol–water partition coefficient (Wildman–Crippen LogP) is 10.1. The Morgan fingerprint density at radius 1 is 0.676 bits per heavy atom. The van der Waals surface area contributed by atoms with Gasteiger partial charge < -0.3 is 0 Å². The van der Waals surface area contributed by atoms with Crippen molar-refractivity contribution in [3.8, 4) is 0 Å². The molecule has 0 amide bonds. The molecule has 0 N–H and O–H groups in total. The summed E-state index contributed by atoms with van der Waals surface area (Å²) in [6, 6.07) is 4.37. The van der Waals surface area contributed by atoms with E-state index in [1.807, 2.05) is 0 Å². The molecule has 0 unspecified atom stereocenters. The first kappa shape index (κ1) is 25.9. The molecule has 0 nitrogen and oxygen atoms in total. The molecule has 0 atom stereocenters. The maximum Gasteiger partial charge on any atom is 0.159 e. The van der Waals surface area contributed by atoms with Crippen molar-refractivity contribution < 1.29 is 8.78 Å². The molecule has 0 spiro atoms. The summed E-state index contributed by atoms with van der Waals surface area (Å²) < 4.78 is 26.5. The molecule has 0 bridgehead atoms. The van der Waals surface area contributed by atoms with Gasteiger partial charge in [0.2, 0.25) is 0 Å². The van der Waals surface area contributed by atoms with E-state index in [0.29, 0.717) is 0 Å². The second-order valence-electron chi connectivity index (χ2n) is 12.1. The molecule has 0 radical (unpaired) electrons. The van der Waals surface area contributed by atoms with Crippen molar-refractivity contribution in [2.45, 2.75) is 116 Å². The summed E-state index contributed by atoms with van der Waals surface area (Å²) in [7, 11) is 0. The number of allylic oxidation sites excluding steroid dienone is 2. The average Bonchev–Trinajstić information content (AvgIpc) is 2.88. The van der Waals surface area contributed by atoms with Crippen LogP contribution in [-0.2, 0) is 6.42 Å². The van der Waals surface area contributed by atoms with E-state index in [0.717, 1.165) is 53.9 Å². The van der Waals surface area contributed by atoms with Gasteiger partial charge in [-0.3, -0.25) is 0 Å². The minimum absolute atomic E-state index is 0.713. The van der Waals surface area contributed by atoms with E-state index < -0.39 is 11.6 Å². The maximum atomic E-state index is 13.4. The quantitative estimate of drug-likeness (QED) is 0.315. The number of rotatable bonds is 9. The SMILES string of the molecule is CCCC[C@H]1CC[C@H]([C@H]2CC[C@H](C=C[C@H]3CC[C@H](CCc4ccc(F)c(F)c4)CC3)CC2)CC1. The van der Waals surface area contributed by atoms with E-state index in [2.05, 4.69) is 19.1 Å². The monoisotopic (exact) mass is 470 g/mol. The number of aryl methyl sites for hydroxylation is 1. The molecule has 3 fully saturated rings. The molecule has 1 aromatic rings. The lowest BCUT2D eigenvalue weighted by atomic mass is 9.68. The van der Waals surface area contributed by atoms with Crippen LogP contribution >= 0.6 is 0 Å². The first-order valence-corrected chi connectivity index (χ1v) is 14.7. The van der Waals surface area contributed by atoms with Gasteiger partial charge in [0.1, 0.15) is 0 Å². The van der Waals surface area contributed by atoms with E-state index in [1.54, 1.807) is 6.07 Å². The van der Waals surface area contributed by atoms with Crippen molar-refractivity contribution in [3.05, 3.63) is 47.5 Å². The van der Waals surface area contributed by atoms with Crippen LogP contribution in [0.25, 0.3) is 0 Å². The van der Waals surface area contributed by atoms with Crippen LogP contribution in [0.3, 0.4) is 0 Å². The molecule has 4 rings (SSSR count). The maximum absolute atomic E-state index is 13.4. The van der Waals surface area contributed by atoms with Crippen LogP contribution in [0.2, 0.25) is 0 Å². The lowest BCUT2D eigenvalue weighted by molar-refractivity contribution is 0.151. The molecule has 0 saturated heterocycles. The van der Waals surface area contributed by atoms with Crippen LogP contribution in [0.5, 0.6) is 0 Å². The normalized spacial score (nSPS) is 32.8. The third-order valence-corrected chi connectivity index (χ3v) is 9.71. The number of halogens is 2. The summed E-state index contributed by atoms with van der Waals surface area (Å²) in [5.41, 5.74) is 0.932. The van der Waals surface area contributed by atoms with Gasteiger partial charge in [-0.15, -0.1) is 0 Å². The highest BCUT2D eigenvalue weighted by Gasteiger charge is 2.30. The first-order valence-electron chi connectivity index (χ1n) is 14.7. The Bertz CT molecular complexity index is 744. The fourth-order valence-electron chi connectivity index (χ4n) is 7.30. The Hall–Kier alpha value is -1.18. The summed E-state index contributed by atoms with van der Waals surface area (Å²) >= 11 is 0. The zero-order valence-corrected chi connectivity index (χ0v) is 21.6. The van der Waals surface area contributed by atoms with Gasteiger partial charge in [0.15, 0.2) is 11.6 Å². The van der Waals surface area contributed by atoms with Gasteiger partial charge in [-0.05, 0) is 130 Å². The molecule has 1 aromatic carbocycles. The molecule has 3 aliphatic rings. The number of unbranched alkanes of at least 4 members (excludes halogenated alkanes) is 1. The van der Waals surface area contributed by atoms with Crippen molar-refractivity contribution in [2.24, 2.45) is 35.5 Å². The summed E-state index contributed by atoms with van der Waals surface area (Å²) in [5.74, 6) is 3.96. The predicted molar refractivity (Wildman–Crippen MR) is 140 cm³/mol. The minimum Gasteiger partial charge on any atom is -0.204 e. The fraction of sp³-hybridized carbons (Fsp3) is 0.750. The van der Waals surface area contributed by atoms with Crippen LogP contribution < -0.4 is 0 Å². The Labute approximate surface area is 208 Å². The molecular weight excluding hydrogens is 422 g/mol. The van der Waals surface area contributed by atoms with Crippen molar-refractivity contribution >= 4 is 0 Å². The fourth-order valence-corrected chi connectivity index (χ4v) is 7.30. The van der Waals surface area contributed by atoms with Gasteiger partial charge in [0, 0.05) is 0 Å². The summed E-state index contributed by atoms with van der Waals surface area (Å²) in [4.78, 5) is 0. The average molecular weight is 471 g/mol. The Kier molecular flexibility index (Phi) is 10.1. The highest BCUT2D eigenvalue weighted by atomic mass is 19.2. The molecule has 0 aliphatic heterocycles. The Morgan fingerprint density at radius 3 is 1.79 bits per heavy atom. The molecule has 0 heterocycles. The van der Waals surface area contributed by atoms with Crippen molar-refractivity contribution in [3.63, 3.8) is 0 Å². The zero-order valence-electron chi connectivity index (χ0n) is 21.6. The summed E-state index contributed by atoms with van der Waals surface area (Å²) in [6.07, 6.45) is 28.4. The molecule has 3 aliphatic carbocycles. The third kappa shape index (κ3) is 7.66. The first-order chi connectivity index (χ1) is 16.6. The summed E-state index contributed by atoms with van der Waals surface area (Å²) in [6.45, 7) is 2.33. The van der Waals surface area contributed by atoms with E-state index in [9.17, 15) is 8.78 Å². The van der Waals surface area contributed by atoms with E-state index in [1.165, 1.54) is 108 Å². The molecule has 3 saturated carbocycles. The molecule has 0 aromatic heterocycles. The van der Waals surface area contributed by atoms with Crippen molar-refractivity contribution in [1.82, 2.24) is 0 Å². The smallest absolute Gasteiger partial charge is 0.159 e. The minimum atomic E-state index is -0.741. The number of hydrogen-bond acceptors (Lipinski definition) is 0. The highest BCUT2D eigenvalue weighted by molar-refractivity contribution is 5.18. The van der Waals surface area contributed by atoms with Gasteiger partial charge >= 0.3 is 0 Å². The zero-order chi connectivity index (χ0) is 23.8. The van der Waals surface area contributed by atoms with Gasteiger partial charge in [-0.25, -0.2) is 8.78 Å². The molecule has 190 valence electrons. The van der Waals surface area contributed by atoms with Gasteiger partial charge in [0.05, 0.1) is 0 Å². The van der Waals surface area contributed by atoms with Gasteiger partial charge in [0.25, 0.3) is 0 Å².